The highest BCUT2D eigenvalue weighted by atomic mass is 16.6. The SMILES string of the molecule is CC(C)(C)OC(=O)N1CCCC(n2cc([N+](=O)[O-])cn2)CC1. The molecule has 22 heavy (non-hydrogen) atoms. The molecule has 1 fully saturated rings. The number of hydrogen-bond donors (Lipinski definition) is 0. The lowest BCUT2D eigenvalue weighted by Gasteiger charge is -2.26. The summed E-state index contributed by atoms with van der Waals surface area (Å²) in [4.78, 5) is 24.1. The predicted molar refractivity (Wildman–Crippen MR) is 79.6 cm³/mol. The molecule has 0 spiro atoms. The van der Waals surface area contributed by atoms with Gasteiger partial charge in [-0.2, -0.15) is 5.10 Å². The molecule has 0 bridgehead atoms. The Morgan fingerprint density at radius 3 is 2.73 bits per heavy atom. The third kappa shape index (κ3) is 4.19. The molecular weight excluding hydrogens is 288 g/mol. The normalized spacial score (nSPS) is 19.6. The number of aromatic nitrogens is 2. The molecule has 0 radical (unpaired) electrons. The van der Waals surface area contributed by atoms with Crippen LogP contribution in [0.5, 0.6) is 0 Å². The van der Waals surface area contributed by atoms with Gasteiger partial charge in [-0.3, -0.25) is 14.8 Å². The number of ether oxygens (including phenoxy) is 1. The summed E-state index contributed by atoms with van der Waals surface area (Å²) in [5.41, 5.74) is -0.515. The number of hydrogen-bond acceptors (Lipinski definition) is 5. The molecule has 1 aromatic heterocycles. The maximum atomic E-state index is 12.1. The maximum Gasteiger partial charge on any atom is 0.410 e. The van der Waals surface area contributed by atoms with E-state index in [4.69, 9.17) is 4.74 Å². The smallest absolute Gasteiger partial charge is 0.410 e. The highest BCUT2D eigenvalue weighted by Gasteiger charge is 2.26. The van der Waals surface area contributed by atoms with Gasteiger partial charge in [0.15, 0.2) is 0 Å². The Labute approximate surface area is 129 Å². The van der Waals surface area contributed by atoms with Crippen LogP contribution in [0.2, 0.25) is 0 Å². The van der Waals surface area contributed by atoms with Gasteiger partial charge in [0.2, 0.25) is 0 Å². The molecule has 0 aromatic carbocycles. The van der Waals surface area contributed by atoms with Gasteiger partial charge in [0.1, 0.15) is 18.0 Å². The molecule has 1 aromatic rings. The summed E-state index contributed by atoms with van der Waals surface area (Å²) in [5, 5.41) is 14.8. The lowest BCUT2D eigenvalue weighted by molar-refractivity contribution is -0.385. The minimum absolute atomic E-state index is 0.00625. The second-order valence-corrected chi connectivity index (χ2v) is 6.49. The zero-order chi connectivity index (χ0) is 16.3. The van der Waals surface area contributed by atoms with Crippen molar-refractivity contribution in [3.8, 4) is 0 Å². The summed E-state index contributed by atoms with van der Waals surface area (Å²) in [6, 6.07) is 0.0705. The first-order valence-corrected chi connectivity index (χ1v) is 7.43. The molecule has 1 unspecified atom stereocenters. The Balaban J connectivity index is 1.97. The third-order valence-electron chi connectivity index (χ3n) is 3.52. The third-order valence-corrected chi connectivity index (χ3v) is 3.52. The standard InChI is InChI=1S/C14H22N4O4/c1-14(2,3)22-13(19)16-7-4-5-11(6-8-16)17-10-12(9-15-17)18(20)21/h9-11H,4-8H2,1-3H3. The van der Waals surface area contributed by atoms with Crippen LogP contribution in [-0.2, 0) is 4.74 Å². The van der Waals surface area contributed by atoms with Crippen molar-refractivity contribution in [3.63, 3.8) is 0 Å². The average Bonchev–Trinajstić information content (AvgIpc) is 2.75. The number of nitro groups is 1. The molecule has 122 valence electrons. The number of rotatable bonds is 2. The molecule has 1 saturated heterocycles. The van der Waals surface area contributed by atoms with Gasteiger partial charge in [-0.15, -0.1) is 0 Å². The summed E-state index contributed by atoms with van der Waals surface area (Å²) >= 11 is 0. The second-order valence-electron chi connectivity index (χ2n) is 6.49. The summed E-state index contributed by atoms with van der Waals surface area (Å²) in [6.07, 6.45) is 4.76. The number of amides is 1. The van der Waals surface area contributed by atoms with Crippen molar-refractivity contribution in [3.05, 3.63) is 22.5 Å². The van der Waals surface area contributed by atoms with E-state index in [0.29, 0.717) is 19.5 Å². The van der Waals surface area contributed by atoms with Crippen LogP contribution in [0.25, 0.3) is 0 Å². The van der Waals surface area contributed by atoms with Crippen molar-refractivity contribution in [1.29, 1.82) is 0 Å². The van der Waals surface area contributed by atoms with E-state index in [9.17, 15) is 14.9 Å². The molecular formula is C14H22N4O4. The molecule has 2 heterocycles. The van der Waals surface area contributed by atoms with Gasteiger partial charge in [0, 0.05) is 13.1 Å². The molecule has 1 atom stereocenters. The number of likely N-dealkylation sites (tertiary alicyclic amines) is 1. The Morgan fingerprint density at radius 2 is 2.14 bits per heavy atom. The molecule has 0 N–H and O–H groups in total. The van der Waals surface area contributed by atoms with Crippen LogP contribution in [0.4, 0.5) is 10.5 Å². The van der Waals surface area contributed by atoms with Crippen molar-refractivity contribution in [2.75, 3.05) is 13.1 Å². The van der Waals surface area contributed by atoms with Crippen LogP contribution in [0.3, 0.4) is 0 Å². The summed E-state index contributed by atoms with van der Waals surface area (Å²) in [6.45, 7) is 6.72. The van der Waals surface area contributed by atoms with Crippen molar-refractivity contribution < 1.29 is 14.5 Å². The van der Waals surface area contributed by atoms with Gasteiger partial charge in [-0.25, -0.2) is 4.79 Å². The second kappa shape index (κ2) is 6.33. The minimum atomic E-state index is -0.509. The van der Waals surface area contributed by atoms with Crippen molar-refractivity contribution in [1.82, 2.24) is 14.7 Å². The fraction of sp³-hybridized carbons (Fsp3) is 0.714. The van der Waals surface area contributed by atoms with Crippen LogP contribution in [-0.4, -0.2) is 44.4 Å². The molecule has 8 nitrogen and oxygen atoms in total. The molecule has 8 heteroatoms. The highest BCUT2D eigenvalue weighted by Crippen LogP contribution is 2.24. The Morgan fingerprint density at radius 1 is 1.41 bits per heavy atom. The van der Waals surface area contributed by atoms with E-state index < -0.39 is 10.5 Å². The lowest BCUT2D eigenvalue weighted by atomic mass is 10.1. The first kappa shape index (κ1) is 16.3. The van der Waals surface area contributed by atoms with Gasteiger partial charge >= 0.3 is 11.8 Å². The van der Waals surface area contributed by atoms with Crippen LogP contribution in [0, 0.1) is 10.1 Å². The molecule has 0 aliphatic carbocycles. The summed E-state index contributed by atoms with van der Waals surface area (Å²) in [5.74, 6) is 0. The topological polar surface area (TPSA) is 90.5 Å². The maximum absolute atomic E-state index is 12.1. The number of carbonyl (C=O) groups is 1. The summed E-state index contributed by atoms with van der Waals surface area (Å²) < 4.78 is 7.02. The van der Waals surface area contributed by atoms with Gasteiger partial charge < -0.3 is 9.64 Å². The molecule has 1 amide bonds. The van der Waals surface area contributed by atoms with Gasteiger partial charge in [0.05, 0.1) is 11.0 Å². The van der Waals surface area contributed by atoms with Crippen LogP contribution in [0.15, 0.2) is 12.4 Å². The van der Waals surface area contributed by atoms with E-state index in [1.807, 2.05) is 20.8 Å². The van der Waals surface area contributed by atoms with Gasteiger partial charge in [-0.1, -0.05) is 0 Å². The van der Waals surface area contributed by atoms with Gasteiger partial charge in [0.25, 0.3) is 0 Å². The van der Waals surface area contributed by atoms with Crippen molar-refractivity contribution in [2.24, 2.45) is 0 Å². The lowest BCUT2D eigenvalue weighted by Crippen LogP contribution is -2.37. The predicted octanol–water partition coefficient (Wildman–Crippen LogP) is 2.75. The average molecular weight is 310 g/mol. The molecule has 2 rings (SSSR count). The largest absolute Gasteiger partial charge is 0.444 e. The van der Waals surface area contributed by atoms with Crippen LogP contribution in [0.1, 0.15) is 46.1 Å². The summed E-state index contributed by atoms with van der Waals surface area (Å²) in [7, 11) is 0. The van der Waals surface area contributed by atoms with Crippen LogP contribution >= 0.6 is 0 Å². The quantitative estimate of drug-likeness (QED) is 0.619. The number of nitrogens with zero attached hydrogens (tertiary/aromatic N) is 4. The highest BCUT2D eigenvalue weighted by molar-refractivity contribution is 5.68. The first-order chi connectivity index (χ1) is 10.3. The molecule has 0 saturated carbocycles. The van der Waals surface area contributed by atoms with E-state index in [0.717, 1.165) is 12.8 Å². The Bertz CT molecular complexity index is 549. The Kier molecular flexibility index (Phi) is 4.68. The fourth-order valence-corrected chi connectivity index (χ4v) is 2.47. The zero-order valence-electron chi connectivity index (χ0n) is 13.2. The van der Waals surface area contributed by atoms with Gasteiger partial charge in [-0.05, 0) is 40.0 Å². The van der Waals surface area contributed by atoms with Crippen molar-refractivity contribution in [2.45, 2.75) is 51.7 Å². The van der Waals surface area contributed by atoms with E-state index >= 15 is 0 Å². The number of carbonyl (C=O) groups excluding carboxylic acids is 1. The minimum Gasteiger partial charge on any atom is -0.444 e. The molecule has 1 aliphatic rings. The fourth-order valence-electron chi connectivity index (χ4n) is 2.47. The van der Waals surface area contributed by atoms with Crippen LogP contribution < -0.4 is 0 Å². The monoisotopic (exact) mass is 310 g/mol. The van der Waals surface area contributed by atoms with E-state index in [-0.39, 0.29) is 17.8 Å². The zero-order valence-corrected chi connectivity index (χ0v) is 13.2. The van der Waals surface area contributed by atoms with E-state index in [1.165, 1.54) is 12.4 Å². The first-order valence-electron chi connectivity index (χ1n) is 7.43. The Hall–Kier alpha value is -2.12. The molecule has 1 aliphatic heterocycles. The van der Waals surface area contributed by atoms with Crippen molar-refractivity contribution >= 4 is 11.8 Å². The van der Waals surface area contributed by atoms with E-state index in [1.54, 1.807) is 9.58 Å². The van der Waals surface area contributed by atoms with E-state index in [2.05, 4.69) is 5.10 Å².